The molecule has 4 atom stereocenters. The van der Waals surface area contributed by atoms with Crippen molar-refractivity contribution in [3.63, 3.8) is 0 Å². The summed E-state index contributed by atoms with van der Waals surface area (Å²) in [5.74, 6) is -4.00. The summed E-state index contributed by atoms with van der Waals surface area (Å²) in [6, 6.07) is 41.5. The summed E-state index contributed by atoms with van der Waals surface area (Å²) in [6.45, 7) is 9.22. The summed E-state index contributed by atoms with van der Waals surface area (Å²) in [5, 5.41) is 22.5. The van der Waals surface area contributed by atoms with Crippen molar-refractivity contribution in [2.24, 2.45) is 14.1 Å². The number of pyridine rings is 3. The lowest BCUT2D eigenvalue weighted by atomic mass is 9.77. The van der Waals surface area contributed by atoms with Gasteiger partial charge < -0.3 is 28.6 Å². The van der Waals surface area contributed by atoms with Crippen molar-refractivity contribution < 1.29 is 61.0 Å². The number of halogens is 9. The van der Waals surface area contributed by atoms with Crippen molar-refractivity contribution in [2.45, 2.75) is 88.2 Å². The number of aliphatic hydroxyl groups is 1. The van der Waals surface area contributed by atoms with Gasteiger partial charge in [0.15, 0.2) is 17.2 Å². The fourth-order valence-electron chi connectivity index (χ4n) is 14.1. The lowest BCUT2D eigenvalue weighted by molar-refractivity contribution is -0.0888. The average molecular weight is 1610 g/mol. The minimum absolute atomic E-state index is 0.00357. The van der Waals surface area contributed by atoms with E-state index in [1.807, 2.05) is 27.7 Å². The van der Waals surface area contributed by atoms with Gasteiger partial charge in [-0.2, -0.15) is 10.2 Å². The van der Waals surface area contributed by atoms with Gasteiger partial charge in [0.2, 0.25) is 5.78 Å². The monoisotopic (exact) mass is 1610 g/mol. The summed E-state index contributed by atoms with van der Waals surface area (Å²) in [6.07, 6.45) is 7.73. The lowest BCUT2D eigenvalue weighted by Gasteiger charge is -2.38. The zero-order valence-corrected chi connectivity index (χ0v) is 65.1. The highest BCUT2D eigenvalue weighted by molar-refractivity contribution is 6.62. The number of amides is 3. The Morgan fingerprint density at radius 2 is 0.836 bits per heavy atom. The molecule has 4 aliphatic heterocycles. The standard InChI is InChI=1S/C27H26BCl2FN2O4.C27H23Cl2FN4O3.C26H19Cl2FN4O3/c1-25(2)26(3,4)37-28(36-25)17-12-21-23(22(31)13-17)27(35-5,16-6-8-18(29)9-7-16)33(24(21)34)15-20-11-10-19(30)14-32-20;1-26(36,23-10-11-33(2)32-23)17-12-21-24(22(30)13-17)27(37-3,16-4-6-18(28)7-5-16)34(25(21)35)15-20-9-8-19(29)14-31-20;1-32-10-9-22(31-32)24(34)15-11-20-23(21(29)12-15)26(36-2,16-3-5-17(27)6-4-16)33(25(20)35)14-19-8-7-18(28)13-30-19/h6-14H,15H2,1-5H3;4-14,36H,15H2,1-3H3;3-13H,14H2,1-2H3/t27-;26?,27-;26-/m111/s1. The van der Waals surface area contributed by atoms with Crippen LogP contribution in [-0.2, 0) is 80.0 Å². The molecule has 20 nitrogen and oxygen atoms in total. The molecule has 9 heterocycles. The Kier molecular flexibility index (Phi) is 21.7. The molecule has 1 unspecified atom stereocenters. The average Bonchev–Trinajstić information content (AvgIpc) is 1.55. The van der Waals surface area contributed by atoms with E-state index in [0.717, 1.165) is 6.07 Å². The molecule has 30 heteroatoms. The first-order chi connectivity index (χ1) is 52.2. The van der Waals surface area contributed by atoms with Crippen LogP contribution in [0.1, 0.15) is 143 Å². The topological polar surface area (TPSA) is 219 Å². The van der Waals surface area contributed by atoms with Gasteiger partial charge in [0, 0.05) is 104 Å². The number of nitrogens with zero attached hydrogens (tertiary/aromatic N) is 10. The molecule has 5 aromatic heterocycles. The fraction of sp³-hybridized carbons (Fsp3) is 0.237. The zero-order chi connectivity index (χ0) is 78.9. The molecule has 6 aromatic carbocycles. The normalized spacial score (nSPS) is 19.2. The Balaban J connectivity index is 0.000000145. The molecular weight excluding hydrogens is 1540 g/mol. The Bertz CT molecular complexity index is 5380. The minimum Gasteiger partial charge on any atom is -0.399 e. The van der Waals surface area contributed by atoms with Crippen LogP contribution in [0, 0.1) is 17.5 Å². The van der Waals surface area contributed by atoms with Crippen molar-refractivity contribution in [1.29, 1.82) is 0 Å². The molecule has 4 aliphatic rings. The molecule has 11 aromatic rings. The molecule has 0 saturated carbocycles. The number of methoxy groups -OCH3 is 3. The maximum Gasteiger partial charge on any atom is 0.494 e. The van der Waals surface area contributed by atoms with Crippen LogP contribution in [0.3, 0.4) is 0 Å². The van der Waals surface area contributed by atoms with Gasteiger partial charge in [-0.25, -0.2) is 13.2 Å². The number of ether oxygens (including phenoxy) is 3. The molecule has 110 heavy (non-hydrogen) atoms. The Morgan fingerprint density at radius 3 is 1.19 bits per heavy atom. The van der Waals surface area contributed by atoms with Crippen LogP contribution in [0.4, 0.5) is 13.2 Å². The second-order valence-electron chi connectivity index (χ2n) is 27.6. The van der Waals surface area contributed by atoms with Crippen molar-refractivity contribution in [2.75, 3.05) is 21.3 Å². The molecule has 0 aliphatic carbocycles. The fourth-order valence-corrected chi connectivity index (χ4v) is 14.9. The van der Waals surface area contributed by atoms with Gasteiger partial charge in [-0.3, -0.25) is 58.2 Å². The highest BCUT2D eigenvalue weighted by Crippen LogP contribution is 2.52. The SMILES string of the molecule is CO[C@]1(c2ccc(Cl)cc2)c2c(F)cc(B3OC(C)(C)C(C)(C)O3)cc2C(=O)N1Cc1ccc(Cl)cn1.CO[C@]1(c2ccc(Cl)cc2)c2c(F)cc(C(=O)c3ccn(C)n3)cc2C(=O)N1Cc1ccc(Cl)cn1.CO[C@]1(c2ccc(Cl)cc2)c2c(F)cc(C(C)(O)c3ccn(C)n3)cc2C(=O)N1Cc1ccc(Cl)cn1. The van der Waals surface area contributed by atoms with Crippen LogP contribution in [0.25, 0.3) is 0 Å². The maximum absolute atomic E-state index is 16.1. The van der Waals surface area contributed by atoms with Crippen molar-refractivity contribution >= 4 is 106 Å². The quantitative estimate of drug-likeness (QED) is 0.0662. The number of aromatic nitrogens is 7. The van der Waals surface area contributed by atoms with Crippen LogP contribution in [0.5, 0.6) is 0 Å². The molecule has 564 valence electrons. The highest BCUT2D eigenvalue weighted by Gasteiger charge is 2.59. The third-order valence-electron chi connectivity index (χ3n) is 20.3. The summed E-state index contributed by atoms with van der Waals surface area (Å²) in [4.78, 5) is 72.0. The first-order valence-corrected chi connectivity index (χ1v) is 36.3. The summed E-state index contributed by atoms with van der Waals surface area (Å²) in [7, 11) is 6.81. The number of hydrogen-bond donors (Lipinski definition) is 1. The lowest BCUT2D eigenvalue weighted by Crippen LogP contribution is -2.46. The minimum atomic E-state index is -1.65. The summed E-state index contributed by atoms with van der Waals surface area (Å²) < 4.78 is 81.5. The predicted molar refractivity (Wildman–Crippen MR) is 409 cm³/mol. The molecule has 0 spiro atoms. The van der Waals surface area contributed by atoms with Crippen LogP contribution >= 0.6 is 69.6 Å². The molecule has 0 bridgehead atoms. The Morgan fingerprint density at radius 1 is 0.482 bits per heavy atom. The predicted octanol–water partition coefficient (Wildman–Crippen LogP) is 15.3. The van der Waals surface area contributed by atoms with Crippen LogP contribution in [-0.4, -0.2) is 117 Å². The molecule has 1 N–H and O–H groups in total. The van der Waals surface area contributed by atoms with Crippen LogP contribution in [0.15, 0.2) is 189 Å². The zero-order valence-electron chi connectivity index (χ0n) is 60.6. The van der Waals surface area contributed by atoms with E-state index < -0.39 is 82.1 Å². The van der Waals surface area contributed by atoms with E-state index in [2.05, 4.69) is 25.1 Å². The third-order valence-corrected chi connectivity index (χ3v) is 21.7. The number of rotatable bonds is 17. The van der Waals surface area contributed by atoms with Gasteiger partial charge in [0.05, 0.1) is 102 Å². The molecule has 3 amide bonds. The largest absolute Gasteiger partial charge is 0.494 e. The van der Waals surface area contributed by atoms with Gasteiger partial charge in [0.1, 0.15) is 28.7 Å². The first-order valence-electron chi connectivity index (χ1n) is 34.1. The van der Waals surface area contributed by atoms with E-state index in [0.29, 0.717) is 75.1 Å². The van der Waals surface area contributed by atoms with Gasteiger partial charge in [-0.05, 0) is 167 Å². The van der Waals surface area contributed by atoms with Gasteiger partial charge >= 0.3 is 7.12 Å². The number of aryl methyl sites for hydroxylation is 2. The maximum atomic E-state index is 16.1. The second kappa shape index (κ2) is 30.4. The van der Waals surface area contributed by atoms with E-state index in [-0.39, 0.29) is 69.8 Å². The summed E-state index contributed by atoms with van der Waals surface area (Å²) >= 11 is 36.4. The smallest absolute Gasteiger partial charge is 0.399 e. The molecule has 0 radical (unpaired) electrons. The van der Waals surface area contributed by atoms with E-state index in [4.69, 9.17) is 93.1 Å². The Hall–Kier alpha value is -9.38. The number of carbonyl (C=O) groups is 4. The van der Waals surface area contributed by atoms with Crippen molar-refractivity contribution in [3.05, 3.63) is 326 Å². The first kappa shape index (κ1) is 78.7. The summed E-state index contributed by atoms with van der Waals surface area (Å²) in [5.41, 5.74) is -3.11. The number of benzene rings is 6. The van der Waals surface area contributed by atoms with Crippen molar-refractivity contribution in [3.8, 4) is 0 Å². The number of hydrogen-bond acceptors (Lipinski definition) is 15. The van der Waals surface area contributed by atoms with Gasteiger partial charge in [-0.15, -0.1) is 0 Å². The molecule has 1 fully saturated rings. The number of fused-ring (bicyclic) bond motifs is 3. The number of carbonyl (C=O) groups excluding carboxylic acids is 4. The second-order valence-corrected chi connectivity index (χ2v) is 30.2. The van der Waals surface area contributed by atoms with Crippen molar-refractivity contribution in [1.82, 2.24) is 49.2 Å². The van der Waals surface area contributed by atoms with E-state index in [1.165, 1.54) is 101 Å². The molecule has 1 saturated heterocycles. The molecular formula is C80H68BCl6F3N10O10. The van der Waals surface area contributed by atoms with E-state index in [9.17, 15) is 24.3 Å². The number of ketones is 1. The van der Waals surface area contributed by atoms with E-state index >= 15 is 13.2 Å². The van der Waals surface area contributed by atoms with Crippen LogP contribution < -0.4 is 5.46 Å². The van der Waals surface area contributed by atoms with Crippen LogP contribution in [0.2, 0.25) is 30.1 Å². The van der Waals surface area contributed by atoms with Gasteiger partial charge in [0.25, 0.3) is 17.7 Å². The van der Waals surface area contributed by atoms with Gasteiger partial charge in [-0.1, -0.05) is 106 Å². The van der Waals surface area contributed by atoms with E-state index in [1.54, 1.807) is 148 Å². The molecule has 15 rings (SSSR count). The Labute approximate surface area is 661 Å². The highest BCUT2D eigenvalue weighted by atomic mass is 35.5. The third kappa shape index (κ3) is 14.1.